The Morgan fingerprint density at radius 2 is 2.20 bits per heavy atom. The van der Waals surface area contributed by atoms with Crippen LogP contribution in [-0.4, -0.2) is 16.3 Å². The van der Waals surface area contributed by atoms with Crippen LogP contribution in [0.25, 0.3) is 0 Å². The second kappa shape index (κ2) is 6.99. The van der Waals surface area contributed by atoms with E-state index in [0.29, 0.717) is 0 Å². The monoisotopic (exact) mass is 339 g/mol. The molecular formula is C15H19BrFN3. The zero-order valence-electron chi connectivity index (χ0n) is 11.7. The lowest BCUT2D eigenvalue weighted by Gasteiger charge is -2.20. The van der Waals surface area contributed by atoms with Crippen molar-refractivity contribution in [3.63, 3.8) is 0 Å². The Morgan fingerprint density at radius 1 is 1.40 bits per heavy atom. The van der Waals surface area contributed by atoms with Gasteiger partial charge in [-0.3, -0.25) is 4.68 Å². The third kappa shape index (κ3) is 3.46. The number of rotatable bonds is 6. The molecular weight excluding hydrogens is 321 g/mol. The summed E-state index contributed by atoms with van der Waals surface area (Å²) in [5.74, 6) is -0.194. The summed E-state index contributed by atoms with van der Waals surface area (Å²) in [5, 5.41) is 7.81. The lowest BCUT2D eigenvalue weighted by atomic mass is 10.0. The smallest absolute Gasteiger partial charge is 0.123 e. The van der Waals surface area contributed by atoms with Crippen LogP contribution < -0.4 is 5.32 Å². The number of hydrogen-bond acceptors (Lipinski definition) is 2. The highest BCUT2D eigenvalue weighted by Gasteiger charge is 2.19. The molecule has 1 aromatic carbocycles. The molecule has 0 aliphatic carbocycles. The van der Waals surface area contributed by atoms with E-state index in [-0.39, 0.29) is 11.9 Å². The van der Waals surface area contributed by atoms with Crippen molar-refractivity contribution < 1.29 is 4.39 Å². The summed E-state index contributed by atoms with van der Waals surface area (Å²) in [4.78, 5) is 0. The average Bonchev–Trinajstić information content (AvgIpc) is 2.79. The molecule has 1 atom stereocenters. The van der Waals surface area contributed by atoms with Crippen molar-refractivity contribution in [2.45, 2.75) is 32.9 Å². The quantitative estimate of drug-likeness (QED) is 0.869. The molecule has 0 aliphatic heterocycles. The van der Waals surface area contributed by atoms with E-state index in [1.807, 2.05) is 16.9 Å². The zero-order chi connectivity index (χ0) is 14.5. The molecule has 0 fully saturated rings. The first-order chi connectivity index (χ1) is 9.65. The molecule has 2 rings (SSSR count). The normalized spacial score (nSPS) is 12.6. The summed E-state index contributed by atoms with van der Waals surface area (Å²) in [6.07, 6.45) is 2.55. The summed E-state index contributed by atoms with van der Waals surface area (Å²) in [7, 11) is 0. The Kier molecular flexibility index (Phi) is 5.31. The molecule has 5 heteroatoms. The molecule has 1 N–H and O–H groups in total. The van der Waals surface area contributed by atoms with Crippen molar-refractivity contribution in [3.8, 4) is 0 Å². The second-order valence-electron chi connectivity index (χ2n) is 4.64. The molecule has 1 unspecified atom stereocenters. The molecule has 0 radical (unpaired) electrons. The highest BCUT2D eigenvalue weighted by molar-refractivity contribution is 9.10. The molecule has 0 amide bonds. The van der Waals surface area contributed by atoms with E-state index in [4.69, 9.17) is 0 Å². The van der Waals surface area contributed by atoms with Gasteiger partial charge in [0.25, 0.3) is 0 Å². The summed E-state index contributed by atoms with van der Waals surface area (Å²) >= 11 is 3.56. The van der Waals surface area contributed by atoms with Crippen LogP contribution >= 0.6 is 15.9 Å². The van der Waals surface area contributed by atoms with E-state index in [2.05, 4.69) is 40.2 Å². The summed E-state index contributed by atoms with van der Waals surface area (Å²) < 4.78 is 16.3. The van der Waals surface area contributed by atoms with E-state index in [0.717, 1.165) is 35.2 Å². The van der Waals surface area contributed by atoms with E-state index >= 15 is 0 Å². The maximum absolute atomic E-state index is 13.3. The van der Waals surface area contributed by atoms with Crippen molar-refractivity contribution in [3.05, 3.63) is 52.0 Å². The summed E-state index contributed by atoms with van der Waals surface area (Å²) in [6, 6.07) is 6.87. The Morgan fingerprint density at radius 3 is 2.85 bits per heavy atom. The van der Waals surface area contributed by atoms with Gasteiger partial charge in [0.1, 0.15) is 5.82 Å². The van der Waals surface area contributed by atoms with Gasteiger partial charge in [0.2, 0.25) is 0 Å². The molecule has 0 saturated carbocycles. The van der Waals surface area contributed by atoms with Gasteiger partial charge in [-0.2, -0.15) is 5.10 Å². The minimum Gasteiger partial charge on any atom is -0.309 e. The standard InChI is InChI=1S/C15H19BrFN3/c1-3-18-14(9-11-6-5-7-12(17)8-11)15-13(16)10-19-20(15)4-2/h5-8,10,14,18H,3-4,9H2,1-2H3. The first kappa shape index (κ1) is 15.2. The van der Waals surface area contributed by atoms with Gasteiger partial charge in [-0.25, -0.2) is 4.39 Å². The maximum atomic E-state index is 13.3. The fraction of sp³-hybridized carbons (Fsp3) is 0.400. The fourth-order valence-electron chi connectivity index (χ4n) is 2.38. The molecule has 1 heterocycles. The minimum atomic E-state index is -0.194. The fourth-order valence-corrected chi connectivity index (χ4v) is 2.95. The molecule has 1 aromatic heterocycles. The van der Waals surface area contributed by atoms with Crippen molar-refractivity contribution in [2.75, 3.05) is 6.54 Å². The van der Waals surface area contributed by atoms with Crippen LogP contribution in [0, 0.1) is 5.82 Å². The molecule has 0 spiro atoms. The lowest BCUT2D eigenvalue weighted by molar-refractivity contribution is 0.487. The van der Waals surface area contributed by atoms with Crippen molar-refractivity contribution in [1.82, 2.24) is 15.1 Å². The van der Waals surface area contributed by atoms with E-state index in [1.54, 1.807) is 12.1 Å². The van der Waals surface area contributed by atoms with Crippen LogP contribution in [0.1, 0.15) is 31.1 Å². The van der Waals surface area contributed by atoms with Crippen molar-refractivity contribution in [2.24, 2.45) is 0 Å². The molecule has 20 heavy (non-hydrogen) atoms. The van der Waals surface area contributed by atoms with Crippen LogP contribution in [0.5, 0.6) is 0 Å². The summed E-state index contributed by atoms with van der Waals surface area (Å²) in [5.41, 5.74) is 2.09. The molecule has 0 saturated heterocycles. The number of likely N-dealkylation sites (N-methyl/N-ethyl adjacent to an activating group) is 1. The Balaban J connectivity index is 2.29. The van der Waals surface area contributed by atoms with Gasteiger partial charge in [-0.05, 0) is 53.5 Å². The van der Waals surface area contributed by atoms with Gasteiger partial charge in [-0.15, -0.1) is 0 Å². The van der Waals surface area contributed by atoms with Gasteiger partial charge >= 0.3 is 0 Å². The third-order valence-electron chi connectivity index (χ3n) is 3.24. The second-order valence-corrected chi connectivity index (χ2v) is 5.49. The molecule has 0 bridgehead atoms. The van der Waals surface area contributed by atoms with Gasteiger partial charge in [0.05, 0.1) is 22.4 Å². The van der Waals surface area contributed by atoms with Gasteiger partial charge in [-0.1, -0.05) is 19.1 Å². The predicted molar refractivity (Wildman–Crippen MR) is 82.1 cm³/mol. The Labute approximate surface area is 127 Å². The van der Waals surface area contributed by atoms with Crippen LogP contribution in [0.4, 0.5) is 4.39 Å². The average molecular weight is 340 g/mol. The molecule has 2 aromatic rings. The van der Waals surface area contributed by atoms with E-state index < -0.39 is 0 Å². The molecule has 3 nitrogen and oxygen atoms in total. The largest absolute Gasteiger partial charge is 0.309 e. The lowest BCUT2D eigenvalue weighted by Crippen LogP contribution is -2.26. The predicted octanol–water partition coefficient (Wildman–Crippen LogP) is 3.70. The highest BCUT2D eigenvalue weighted by Crippen LogP contribution is 2.26. The van der Waals surface area contributed by atoms with Gasteiger partial charge in [0, 0.05) is 6.54 Å². The summed E-state index contributed by atoms with van der Waals surface area (Å²) in [6.45, 7) is 5.79. The van der Waals surface area contributed by atoms with Crippen LogP contribution in [0.2, 0.25) is 0 Å². The van der Waals surface area contributed by atoms with Gasteiger partial charge in [0.15, 0.2) is 0 Å². The number of halogens is 2. The first-order valence-electron chi connectivity index (χ1n) is 6.84. The minimum absolute atomic E-state index is 0.110. The van der Waals surface area contributed by atoms with Crippen LogP contribution in [-0.2, 0) is 13.0 Å². The van der Waals surface area contributed by atoms with Gasteiger partial charge < -0.3 is 5.32 Å². The Bertz CT molecular complexity index is 568. The van der Waals surface area contributed by atoms with Crippen LogP contribution in [0.15, 0.2) is 34.9 Å². The first-order valence-corrected chi connectivity index (χ1v) is 7.64. The van der Waals surface area contributed by atoms with E-state index in [1.165, 1.54) is 6.07 Å². The number of hydrogen-bond donors (Lipinski definition) is 1. The number of aromatic nitrogens is 2. The van der Waals surface area contributed by atoms with Crippen molar-refractivity contribution >= 4 is 15.9 Å². The SMILES string of the molecule is CCNC(Cc1cccc(F)c1)c1c(Br)cnn1CC. The number of nitrogens with zero attached hydrogens (tertiary/aromatic N) is 2. The molecule has 108 valence electrons. The zero-order valence-corrected chi connectivity index (χ0v) is 13.3. The topological polar surface area (TPSA) is 29.9 Å². The van der Waals surface area contributed by atoms with E-state index in [9.17, 15) is 4.39 Å². The molecule has 0 aliphatic rings. The number of aryl methyl sites for hydroxylation is 1. The van der Waals surface area contributed by atoms with Crippen molar-refractivity contribution in [1.29, 1.82) is 0 Å². The number of benzene rings is 1. The number of nitrogens with one attached hydrogen (secondary N) is 1. The van der Waals surface area contributed by atoms with Crippen LogP contribution in [0.3, 0.4) is 0 Å². The highest BCUT2D eigenvalue weighted by atomic mass is 79.9. The third-order valence-corrected chi connectivity index (χ3v) is 3.85. The maximum Gasteiger partial charge on any atom is 0.123 e. The Hall–Kier alpha value is -1.20.